The van der Waals surface area contributed by atoms with E-state index < -0.39 is 13.4 Å². The normalized spacial score (nSPS) is 10.7. The first-order valence-electron chi connectivity index (χ1n) is 7.73. The molecule has 0 radical (unpaired) electrons. The smallest absolute Gasteiger partial charge is 0.249 e. The van der Waals surface area contributed by atoms with Gasteiger partial charge in [-0.25, -0.2) is 0 Å². The number of carbonyl (C=O) groups is 1. The van der Waals surface area contributed by atoms with E-state index in [-0.39, 0.29) is 0 Å². The zero-order valence-electron chi connectivity index (χ0n) is 13.3. The summed E-state index contributed by atoms with van der Waals surface area (Å²) < 4.78 is 0. The van der Waals surface area contributed by atoms with Gasteiger partial charge in [-0.3, -0.25) is 0 Å². The standard InChI is InChI=1S/C14H32P.CH2O3/c1-5-9-12-15(8-4,13-10-6-2)14-11-7-3;2-1(3)4/h5-14H2,1-4H3;(H2,2,3,4)/q+1;/p-1. The van der Waals surface area contributed by atoms with Gasteiger partial charge in [-0.15, -0.1) is 0 Å². The van der Waals surface area contributed by atoms with Crippen molar-refractivity contribution in [3.8, 4) is 0 Å². The molecule has 0 saturated carbocycles. The molecule has 0 heterocycles. The number of hydrogen-bond acceptors (Lipinski definition) is 2. The van der Waals surface area contributed by atoms with Crippen molar-refractivity contribution < 1.29 is 15.0 Å². The molecule has 0 amide bonds. The zero-order chi connectivity index (χ0) is 15.1. The Bertz CT molecular complexity index is 182. The molecule has 0 aromatic carbocycles. The Balaban J connectivity index is 0. The van der Waals surface area contributed by atoms with Crippen molar-refractivity contribution in [3.63, 3.8) is 0 Å². The van der Waals surface area contributed by atoms with Gasteiger partial charge in [0.1, 0.15) is 0 Å². The lowest BCUT2D eigenvalue weighted by atomic mass is 10.4. The fourth-order valence-electron chi connectivity index (χ4n) is 2.29. The highest BCUT2D eigenvalue weighted by atomic mass is 31.2. The molecule has 0 aromatic rings. The third-order valence-corrected chi connectivity index (χ3v) is 8.77. The number of hydrogen-bond donors (Lipinski definition) is 1. The van der Waals surface area contributed by atoms with Gasteiger partial charge in [-0.2, -0.15) is 0 Å². The van der Waals surface area contributed by atoms with E-state index in [9.17, 15) is 0 Å². The van der Waals surface area contributed by atoms with Gasteiger partial charge in [0.2, 0.25) is 6.16 Å². The van der Waals surface area contributed by atoms with Gasteiger partial charge >= 0.3 is 0 Å². The molecular weight excluding hydrogens is 259 g/mol. The summed E-state index contributed by atoms with van der Waals surface area (Å²) in [5, 5.41) is 15.3. The monoisotopic (exact) mass is 292 g/mol. The highest BCUT2D eigenvalue weighted by Crippen LogP contribution is 2.60. The van der Waals surface area contributed by atoms with Crippen LogP contribution in [0.3, 0.4) is 0 Å². The molecule has 0 aliphatic heterocycles. The van der Waals surface area contributed by atoms with Gasteiger partial charge in [-0.1, -0.05) is 40.0 Å². The van der Waals surface area contributed by atoms with Crippen LogP contribution in [0.2, 0.25) is 0 Å². The van der Waals surface area contributed by atoms with Gasteiger partial charge in [0, 0.05) is 7.26 Å². The van der Waals surface area contributed by atoms with Crippen molar-refractivity contribution in [2.24, 2.45) is 0 Å². The topological polar surface area (TPSA) is 60.4 Å². The van der Waals surface area contributed by atoms with E-state index >= 15 is 0 Å². The van der Waals surface area contributed by atoms with Crippen molar-refractivity contribution in [3.05, 3.63) is 0 Å². The van der Waals surface area contributed by atoms with Gasteiger partial charge in [0.25, 0.3) is 0 Å². The summed E-state index contributed by atoms with van der Waals surface area (Å²) in [7, 11) is -0.527. The van der Waals surface area contributed by atoms with E-state index in [2.05, 4.69) is 27.7 Å². The van der Waals surface area contributed by atoms with Crippen LogP contribution in [0.4, 0.5) is 4.79 Å². The van der Waals surface area contributed by atoms with Crippen molar-refractivity contribution >= 4 is 13.4 Å². The van der Waals surface area contributed by atoms with Gasteiger partial charge < -0.3 is 15.0 Å². The Morgan fingerprint density at radius 1 is 0.895 bits per heavy atom. The first kappa shape index (κ1) is 21.0. The Morgan fingerprint density at radius 2 is 1.16 bits per heavy atom. The molecule has 0 saturated heterocycles. The summed E-state index contributed by atoms with van der Waals surface area (Å²) in [5.41, 5.74) is 0. The minimum atomic E-state index is -2.08. The predicted octanol–water partition coefficient (Wildman–Crippen LogP) is 4.31. The van der Waals surface area contributed by atoms with E-state index in [0.29, 0.717) is 0 Å². The quantitative estimate of drug-likeness (QED) is 0.610. The third kappa shape index (κ3) is 13.9. The maximum Gasteiger partial charge on any atom is 0.249 e. The molecule has 4 heteroatoms. The fourth-order valence-corrected chi connectivity index (χ4v) is 6.87. The predicted molar refractivity (Wildman–Crippen MR) is 84.8 cm³/mol. The van der Waals surface area contributed by atoms with Crippen LogP contribution in [0.15, 0.2) is 0 Å². The largest absolute Gasteiger partial charge is 0.565 e. The fraction of sp³-hybridized carbons (Fsp3) is 0.933. The minimum Gasteiger partial charge on any atom is -0.565 e. The maximum absolute atomic E-state index is 8.44. The van der Waals surface area contributed by atoms with Gasteiger partial charge in [-0.05, 0) is 26.2 Å². The van der Waals surface area contributed by atoms with Crippen LogP contribution in [0, 0.1) is 0 Å². The molecule has 0 unspecified atom stereocenters. The van der Waals surface area contributed by atoms with Crippen LogP contribution in [-0.2, 0) is 0 Å². The molecular formula is C15H33O3P. The first-order chi connectivity index (χ1) is 8.97. The number of rotatable bonds is 10. The molecule has 19 heavy (non-hydrogen) atoms. The molecule has 3 nitrogen and oxygen atoms in total. The molecule has 0 atom stereocenters. The van der Waals surface area contributed by atoms with Crippen molar-refractivity contribution in [2.45, 2.75) is 66.2 Å². The highest BCUT2D eigenvalue weighted by Gasteiger charge is 2.32. The Kier molecular flexibility index (Phi) is 15.6. The molecule has 0 aliphatic rings. The van der Waals surface area contributed by atoms with Crippen LogP contribution < -0.4 is 5.11 Å². The summed E-state index contributed by atoms with van der Waals surface area (Å²) in [5.74, 6) is 0. The summed E-state index contributed by atoms with van der Waals surface area (Å²) in [6, 6.07) is 0. The molecule has 0 spiro atoms. The summed E-state index contributed by atoms with van der Waals surface area (Å²) in [4.78, 5) is 8.44. The number of unbranched alkanes of at least 4 members (excludes halogenated alkanes) is 3. The summed E-state index contributed by atoms with van der Waals surface area (Å²) >= 11 is 0. The Morgan fingerprint density at radius 3 is 1.32 bits per heavy atom. The average molecular weight is 292 g/mol. The SMILES string of the molecule is CCCC[P+](CC)(CCCC)CCCC.O=C([O-])O. The molecule has 0 fully saturated rings. The number of carboxylic acid groups (broad SMARTS) is 2. The van der Waals surface area contributed by atoms with Crippen molar-refractivity contribution in [1.29, 1.82) is 0 Å². The lowest BCUT2D eigenvalue weighted by Gasteiger charge is -2.26. The van der Waals surface area contributed by atoms with Crippen LogP contribution in [-0.4, -0.2) is 35.9 Å². The molecule has 0 bridgehead atoms. The van der Waals surface area contributed by atoms with E-state index in [4.69, 9.17) is 15.0 Å². The minimum absolute atomic E-state index is 0.527. The molecule has 1 N–H and O–H groups in total. The second-order valence-corrected chi connectivity index (χ2v) is 9.81. The third-order valence-electron chi connectivity index (χ3n) is 3.63. The Labute approximate surface area is 120 Å². The second-order valence-electron chi connectivity index (χ2n) is 5.16. The van der Waals surface area contributed by atoms with E-state index in [1.54, 1.807) is 18.5 Å². The van der Waals surface area contributed by atoms with Crippen LogP contribution >= 0.6 is 7.26 Å². The summed E-state index contributed by atoms with van der Waals surface area (Å²) in [6.07, 6.45) is 12.8. The summed E-state index contributed by atoms with van der Waals surface area (Å²) in [6.45, 7) is 9.46. The molecule has 0 aliphatic carbocycles. The van der Waals surface area contributed by atoms with E-state index in [1.165, 1.54) is 44.7 Å². The lowest BCUT2D eigenvalue weighted by Crippen LogP contribution is -2.17. The highest BCUT2D eigenvalue weighted by molar-refractivity contribution is 7.75. The van der Waals surface area contributed by atoms with Crippen LogP contribution in [0.1, 0.15) is 66.2 Å². The molecule has 116 valence electrons. The van der Waals surface area contributed by atoms with E-state index in [1.807, 2.05) is 0 Å². The van der Waals surface area contributed by atoms with E-state index in [0.717, 1.165) is 0 Å². The van der Waals surface area contributed by atoms with Gasteiger partial charge in [0.15, 0.2) is 0 Å². The van der Waals surface area contributed by atoms with Crippen molar-refractivity contribution in [2.75, 3.05) is 24.6 Å². The maximum atomic E-state index is 8.44. The lowest BCUT2D eigenvalue weighted by molar-refractivity contribution is -0.275. The average Bonchev–Trinajstić information content (AvgIpc) is 2.38. The van der Waals surface area contributed by atoms with Gasteiger partial charge in [0.05, 0.1) is 24.6 Å². The second kappa shape index (κ2) is 14.1. The van der Waals surface area contributed by atoms with Crippen LogP contribution in [0.5, 0.6) is 0 Å². The first-order valence-corrected chi connectivity index (χ1v) is 10.3. The molecule has 0 aromatic heterocycles. The zero-order valence-corrected chi connectivity index (χ0v) is 14.2. The molecule has 0 rings (SSSR count). The van der Waals surface area contributed by atoms with Crippen LogP contribution in [0.25, 0.3) is 0 Å². The Hall–Kier alpha value is -0.300. The van der Waals surface area contributed by atoms with Crippen molar-refractivity contribution in [1.82, 2.24) is 0 Å².